The molecule has 3 aromatic carbocycles. The minimum absolute atomic E-state index is 0.00878. The summed E-state index contributed by atoms with van der Waals surface area (Å²) in [6, 6.07) is 15.7. The third-order valence-corrected chi connectivity index (χ3v) is 8.95. The lowest BCUT2D eigenvalue weighted by Crippen LogP contribution is -2.50. The monoisotopic (exact) mass is 585 g/mol. The Kier molecular flexibility index (Phi) is 9.42. The summed E-state index contributed by atoms with van der Waals surface area (Å²) in [5, 5.41) is 12.2. The number of aliphatic hydroxyl groups excluding tert-OH is 1. The zero-order valence-corrected chi connectivity index (χ0v) is 23.8. The molecule has 4 rings (SSSR count). The molecule has 41 heavy (non-hydrogen) atoms. The fourth-order valence-electron chi connectivity index (χ4n) is 4.48. The van der Waals surface area contributed by atoms with Crippen LogP contribution in [0.25, 0.3) is 12.2 Å². The molecule has 8 nitrogen and oxygen atoms in total. The number of sulfonamides is 1. The molecule has 1 heterocycles. The van der Waals surface area contributed by atoms with E-state index >= 15 is 0 Å². The Morgan fingerprint density at radius 2 is 1.83 bits per heavy atom. The fraction of sp³-hybridized carbons (Fsp3) is 0.300. The first-order valence-electron chi connectivity index (χ1n) is 13.1. The SMILES string of the molecule is C[C@H](CO)N1C[C@H](C)[C@@H](CN(C)C(=O)Nc2cc(F)ccc2F)Oc2cc(C=Cc3ccccc3)ccc2S1(=O)=O. The first kappa shape index (κ1) is 30.2. The summed E-state index contributed by atoms with van der Waals surface area (Å²) in [5.74, 6) is -1.80. The van der Waals surface area contributed by atoms with E-state index in [0.717, 1.165) is 23.8 Å². The number of nitrogens with zero attached hydrogens (tertiary/aromatic N) is 2. The number of nitrogens with one attached hydrogen (secondary N) is 1. The van der Waals surface area contributed by atoms with E-state index in [2.05, 4.69) is 5.32 Å². The Morgan fingerprint density at radius 1 is 1.12 bits per heavy atom. The Labute approximate surface area is 238 Å². The van der Waals surface area contributed by atoms with Crippen LogP contribution in [-0.4, -0.2) is 67.7 Å². The van der Waals surface area contributed by atoms with Crippen LogP contribution in [0.15, 0.2) is 71.6 Å². The number of likely N-dealkylation sites (N-methyl/N-ethyl adjacent to an activating group) is 1. The minimum atomic E-state index is -4.03. The second-order valence-electron chi connectivity index (χ2n) is 10.1. The summed E-state index contributed by atoms with van der Waals surface area (Å²) in [7, 11) is -2.56. The first-order valence-corrected chi connectivity index (χ1v) is 14.6. The molecule has 0 bridgehead atoms. The molecule has 11 heteroatoms. The number of fused-ring (bicyclic) bond motifs is 1. The van der Waals surface area contributed by atoms with Crippen molar-refractivity contribution in [2.24, 2.45) is 5.92 Å². The number of hydrogen-bond donors (Lipinski definition) is 2. The highest BCUT2D eigenvalue weighted by Gasteiger charge is 2.38. The summed E-state index contributed by atoms with van der Waals surface area (Å²) in [5.41, 5.74) is 1.36. The van der Waals surface area contributed by atoms with E-state index in [1.807, 2.05) is 42.5 Å². The quantitative estimate of drug-likeness (QED) is 0.378. The number of aliphatic hydroxyl groups is 1. The van der Waals surface area contributed by atoms with Crippen molar-refractivity contribution in [1.82, 2.24) is 9.21 Å². The summed E-state index contributed by atoms with van der Waals surface area (Å²) < 4.78 is 62.6. The number of rotatable bonds is 7. The van der Waals surface area contributed by atoms with Gasteiger partial charge in [-0.3, -0.25) is 0 Å². The number of hydrogen-bond acceptors (Lipinski definition) is 5. The lowest BCUT2D eigenvalue weighted by molar-refractivity contribution is 0.0830. The van der Waals surface area contributed by atoms with Gasteiger partial charge in [-0.25, -0.2) is 22.0 Å². The van der Waals surface area contributed by atoms with Crippen molar-refractivity contribution in [2.75, 3.05) is 32.1 Å². The molecule has 0 unspecified atom stereocenters. The van der Waals surface area contributed by atoms with E-state index in [-0.39, 0.29) is 36.0 Å². The van der Waals surface area contributed by atoms with Crippen molar-refractivity contribution < 1.29 is 31.8 Å². The van der Waals surface area contributed by atoms with Crippen molar-refractivity contribution >= 4 is 33.9 Å². The molecule has 2 N–H and O–H groups in total. The average molecular weight is 586 g/mol. The molecule has 0 radical (unpaired) electrons. The third kappa shape index (κ3) is 7.10. The van der Waals surface area contributed by atoms with Gasteiger partial charge in [0.2, 0.25) is 10.0 Å². The average Bonchev–Trinajstić information content (AvgIpc) is 2.95. The maximum Gasteiger partial charge on any atom is 0.321 e. The van der Waals surface area contributed by atoms with Crippen LogP contribution >= 0.6 is 0 Å². The predicted molar refractivity (Wildman–Crippen MR) is 154 cm³/mol. The highest BCUT2D eigenvalue weighted by molar-refractivity contribution is 7.89. The molecule has 218 valence electrons. The molecule has 3 aromatic rings. The molecule has 1 aliphatic rings. The van der Waals surface area contributed by atoms with Crippen LogP contribution in [-0.2, 0) is 10.0 Å². The highest BCUT2D eigenvalue weighted by atomic mass is 32.2. The van der Waals surface area contributed by atoms with E-state index < -0.39 is 45.8 Å². The van der Waals surface area contributed by atoms with Gasteiger partial charge in [0.1, 0.15) is 28.4 Å². The highest BCUT2D eigenvalue weighted by Crippen LogP contribution is 2.34. The van der Waals surface area contributed by atoms with Crippen LogP contribution in [0.4, 0.5) is 19.3 Å². The van der Waals surface area contributed by atoms with E-state index in [1.165, 1.54) is 22.3 Å². The second kappa shape index (κ2) is 12.8. The molecule has 2 amide bonds. The van der Waals surface area contributed by atoms with Crippen molar-refractivity contribution in [3.8, 4) is 5.75 Å². The van der Waals surface area contributed by atoms with Gasteiger partial charge < -0.3 is 20.1 Å². The van der Waals surface area contributed by atoms with Crippen molar-refractivity contribution in [1.29, 1.82) is 0 Å². The van der Waals surface area contributed by atoms with Gasteiger partial charge in [0.25, 0.3) is 0 Å². The number of urea groups is 1. The van der Waals surface area contributed by atoms with E-state index in [0.29, 0.717) is 5.56 Å². The van der Waals surface area contributed by atoms with Gasteiger partial charge in [-0.1, -0.05) is 55.5 Å². The predicted octanol–water partition coefficient (Wildman–Crippen LogP) is 5.07. The maximum absolute atomic E-state index is 14.1. The lowest BCUT2D eigenvalue weighted by atomic mass is 10.0. The molecule has 0 aliphatic carbocycles. The number of ether oxygens (including phenoxy) is 1. The van der Waals surface area contributed by atoms with Gasteiger partial charge in [0, 0.05) is 31.6 Å². The zero-order chi connectivity index (χ0) is 29.7. The van der Waals surface area contributed by atoms with Gasteiger partial charge in [0.05, 0.1) is 18.8 Å². The van der Waals surface area contributed by atoms with Crippen LogP contribution in [0.5, 0.6) is 5.75 Å². The number of carbonyl (C=O) groups excluding carboxylic acids is 1. The molecule has 0 saturated heterocycles. The summed E-state index contributed by atoms with van der Waals surface area (Å²) in [6.07, 6.45) is 3.05. The van der Waals surface area contributed by atoms with Gasteiger partial charge in [0.15, 0.2) is 0 Å². The Bertz CT molecular complexity index is 1520. The van der Waals surface area contributed by atoms with E-state index in [9.17, 15) is 27.1 Å². The molecular formula is C30H33F2N3O5S. The number of carbonyl (C=O) groups is 1. The van der Waals surface area contributed by atoms with E-state index in [4.69, 9.17) is 4.74 Å². The standard InChI is InChI=1S/C30H33F2N3O5S/c1-20-17-35(21(2)19-36)41(38,39)29-14-11-23(10-9-22-7-5-4-6-8-22)15-27(29)40-28(20)18-34(3)30(37)33-26-16-24(31)12-13-25(26)32/h4-16,20-21,28,36H,17-19H2,1-3H3,(H,33,37)/t20-,21+,28+/m0/s1. The topological polar surface area (TPSA) is 99.2 Å². The summed E-state index contributed by atoms with van der Waals surface area (Å²) in [4.78, 5) is 14.1. The Hall–Kier alpha value is -3.80. The smallest absolute Gasteiger partial charge is 0.321 e. The second-order valence-corrected chi connectivity index (χ2v) is 12.0. The zero-order valence-electron chi connectivity index (χ0n) is 23.0. The largest absolute Gasteiger partial charge is 0.487 e. The molecule has 0 aromatic heterocycles. The third-order valence-electron chi connectivity index (χ3n) is 6.93. The molecule has 3 atom stereocenters. The summed E-state index contributed by atoms with van der Waals surface area (Å²) >= 11 is 0. The molecular weight excluding hydrogens is 552 g/mol. The van der Waals surface area contributed by atoms with Crippen LogP contribution < -0.4 is 10.1 Å². The molecule has 0 fully saturated rings. The van der Waals surface area contributed by atoms with Gasteiger partial charge in [-0.2, -0.15) is 4.31 Å². The number of halogens is 2. The van der Waals surface area contributed by atoms with Crippen molar-refractivity contribution in [3.05, 3.63) is 89.5 Å². The Balaban J connectivity index is 1.65. The normalized spacial score (nSPS) is 19.5. The number of anilines is 1. The lowest BCUT2D eigenvalue weighted by Gasteiger charge is -2.37. The fourth-order valence-corrected chi connectivity index (χ4v) is 6.30. The molecule has 1 aliphatic heterocycles. The molecule has 0 saturated carbocycles. The number of amides is 2. The van der Waals surface area contributed by atoms with Gasteiger partial charge in [-0.05, 0) is 42.3 Å². The van der Waals surface area contributed by atoms with Crippen LogP contribution in [0.3, 0.4) is 0 Å². The van der Waals surface area contributed by atoms with E-state index in [1.54, 1.807) is 26.0 Å². The van der Waals surface area contributed by atoms with Crippen molar-refractivity contribution in [3.63, 3.8) is 0 Å². The maximum atomic E-state index is 14.1. The first-order chi connectivity index (χ1) is 19.5. The van der Waals surface area contributed by atoms with Crippen LogP contribution in [0.2, 0.25) is 0 Å². The Morgan fingerprint density at radius 3 is 2.54 bits per heavy atom. The molecule has 0 spiro atoms. The minimum Gasteiger partial charge on any atom is -0.487 e. The van der Waals surface area contributed by atoms with Crippen LogP contribution in [0.1, 0.15) is 25.0 Å². The van der Waals surface area contributed by atoms with Gasteiger partial charge in [-0.15, -0.1) is 0 Å². The number of benzene rings is 3. The summed E-state index contributed by atoms with van der Waals surface area (Å²) in [6.45, 7) is 3.06. The van der Waals surface area contributed by atoms with Crippen molar-refractivity contribution in [2.45, 2.75) is 30.9 Å². The van der Waals surface area contributed by atoms with Crippen LogP contribution in [0, 0.1) is 17.6 Å². The van der Waals surface area contributed by atoms with Gasteiger partial charge >= 0.3 is 6.03 Å².